The van der Waals surface area contributed by atoms with Gasteiger partial charge in [-0.25, -0.2) is 4.99 Å². The van der Waals surface area contributed by atoms with E-state index in [1.165, 1.54) is 5.56 Å². The van der Waals surface area contributed by atoms with E-state index < -0.39 is 0 Å². The highest BCUT2D eigenvalue weighted by molar-refractivity contribution is 6.33. The molecule has 1 aliphatic rings. The molecule has 0 fully saturated rings. The van der Waals surface area contributed by atoms with E-state index in [2.05, 4.69) is 0 Å². The summed E-state index contributed by atoms with van der Waals surface area (Å²) in [5, 5.41) is 0. The number of aliphatic imine (C=N–C) groups is 1. The van der Waals surface area contributed by atoms with E-state index in [1.807, 2.05) is 92.7 Å². The highest BCUT2D eigenvalue weighted by atomic mass is 16.5. The maximum absolute atomic E-state index is 13.3. The van der Waals surface area contributed by atoms with E-state index in [9.17, 15) is 4.79 Å². The van der Waals surface area contributed by atoms with Gasteiger partial charge in [-0.15, -0.1) is 0 Å². The molecule has 4 heteroatoms. The fourth-order valence-corrected chi connectivity index (χ4v) is 3.20. The van der Waals surface area contributed by atoms with Gasteiger partial charge in [-0.3, -0.25) is 9.69 Å². The molecule has 144 valence electrons. The molecular weight excluding hydrogens is 360 g/mol. The summed E-state index contributed by atoms with van der Waals surface area (Å²) in [6.07, 6.45) is 1.83. The number of ether oxygens (including phenoxy) is 1. The van der Waals surface area contributed by atoms with E-state index in [-0.39, 0.29) is 5.91 Å². The Balaban J connectivity index is 1.79. The lowest BCUT2D eigenvalue weighted by Gasteiger charge is -2.19. The first-order valence-corrected chi connectivity index (χ1v) is 9.48. The fraction of sp³-hybridized carbons (Fsp3) is 0.120. The fourth-order valence-electron chi connectivity index (χ4n) is 3.20. The number of nitrogens with zero attached hydrogens (tertiary/aromatic N) is 2. The molecular formula is C25H22N2O2. The predicted octanol–water partition coefficient (Wildman–Crippen LogP) is 5.15. The lowest BCUT2D eigenvalue weighted by Crippen LogP contribution is -2.32. The second-order valence-corrected chi connectivity index (χ2v) is 7.08. The number of rotatable bonds is 4. The third-order valence-electron chi connectivity index (χ3n) is 4.88. The van der Waals surface area contributed by atoms with Crippen LogP contribution in [0.2, 0.25) is 0 Å². The molecule has 4 nitrogen and oxygen atoms in total. The van der Waals surface area contributed by atoms with Gasteiger partial charge in [-0.05, 0) is 61.9 Å². The molecule has 0 bridgehead atoms. The Bertz CT molecular complexity index is 1090. The quantitative estimate of drug-likeness (QED) is 0.586. The van der Waals surface area contributed by atoms with Gasteiger partial charge in [0.1, 0.15) is 17.3 Å². The molecule has 0 atom stereocenters. The molecule has 0 N–H and O–H groups in total. The number of anilines is 1. The number of methoxy groups -OCH3 is 1. The van der Waals surface area contributed by atoms with Crippen LogP contribution >= 0.6 is 0 Å². The summed E-state index contributed by atoms with van der Waals surface area (Å²) in [5.74, 6) is 1.23. The lowest BCUT2D eigenvalue weighted by molar-refractivity contribution is -0.113. The number of hydrogen-bond donors (Lipinski definition) is 0. The Labute approximate surface area is 170 Å². The van der Waals surface area contributed by atoms with Crippen molar-refractivity contribution in [2.24, 2.45) is 4.99 Å². The zero-order chi connectivity index (χ0) is 20.4. The standard InChI is InChI=1S/C25H22N2O2/c1-17-4-8-19(9-5-17)16-23-25(28)27(21-12-6-18(2)7-13-21)24(26-23)20-10-14-22(29-3)15-11-20/h4-16H,1-3H3/b23-16+. The van der Waals surface area contributed by atoms with E-state index in [0.29, 0.717) is 11.5 Å². The van der Waals surface area contributed by atoms with Crippen LogP contribution in [-0.2, 0) is 4.79 Å². The van der Waals surface area contributed by atoms with Crippen molar-refractivity contribution in [3.8, 4) is 5.75 Å². The first kappa shape index (κ1) is 18.7. The molecule has 1 heterocycles. The molecule has 3 aromatic rings. The molecule has 0 saturated carbocycles. The van der Waals surface area contributed by atoms with Crippen LogP contribution in [0.1, 0.15) is 22.3 Å². The van der Waals surface area contributed by atoms with Crippen molar-refractivity contribution in [3.63, 3.8) is 0 Å². The number of carbonyl (C=O) groups is 1. The highest BCUT2D eigenvalue weighted by Gasteiger charge is 2.32. The number of carbonyl (C=O) groups excluding carboxylic acids is 1. The molecule has 1 aliphatic heterocycles. The Morgan fingerprint density at radius 2 is 1.41 bits per heavy atom. The third kappa shape index (κ3) is 3.83. The number of hydrogen-bond acceptors (Lipinski definition) is 3. The van der Waals surface area contributed by atoms with Crippen LogP contribution < -0.4 is 9.64 Å². The topological polar surface area (TPSA) is 41.9 Å². The molecule has 4 rings (SSSR count). The summed E-state index contributed by atoms with van der Waals surface area (Å²) >= 11 is 0. The zero-order valence-corrected chi connectivity index (χ0v) is 16.7. The van der Waals surface area contributed by atoms with Crippen LogP contribution in [0.15, 0.2) is 83.5 Å². The number of benzene rings is 3. The number of amides is 1. The van der Waals surface area contributed by atoms with Crippen LogP contribution in [0.4, 0.5) is 5.69 Å². The number of aryl methyl sites for hydroxylation is 2. The molecule has 29 heavy (non-hydrogen) atoms. The summed E-state index contributed by atoms with van der Waals surface area (Å²) in [6, 6.07) is 23.5. The molecule has 0 unspecified atom stereocenters. The first-order chi connectivity index (χ1) is 14.0. The van der Waals surface area contributed by atoms with Crippen LogP contribution in [0.3, 0.4) is 0 Å². The molecule has 0 radical (unpaired) electrons. The Kier molecular flexibility index (Phi) is 5.00. The van der Waals surface area contributed by atoms with E-state index in [0.717, 1.165) is 28.1 Å². The summed E-state index contributed by atoms with van der Waals surface area (Å²) in [7, 11) is 1.63. The van der Waals surface area contributed by atoms with Gasteiger partial charge in [0.15, 0.2) is 0 Å². The summed E-state index contributed by atoms with van der Waals surface area (Å²) in [4.78, 5) is 19.7. The van der Waals surface area contributed by atoms with Crippen molar-refractivity contribution in [2.45, 2.75) is 13.8 Å². The average molecular weight is 382 g/mol. The molecule has 0 saturated heterocycles. The van der Waals surface area contributed by atoms with Crippen LogP contribution in [0.25, 0.3) is 6.08 Å². The van der Waals surface area contributed by atoms with Crippen molar-refractivity contribution in [1.82, 2.24) is 0 Å². The van der Waals surface area contributed by atoms with Gasteiger partial charge < -0.3 is 4.74 Å². The average Bonchev–Trinajstić information content (AvgIpc) is 3.06. The molecule has 0 spiro atoms. The summed E-state index contributed by atoms with van der Waals surface area (Å²) in [5.41, 5.74) is 5.32. The smallest absolute Gasteiger partial charge is 0.282 e. The van der Waals surface area contributed by atoms with Gasteiger partial charge in [0.05, 0.1) is 12.8 Å². The Morgan fingerprint density at radius 1 is 0.828 bits per heavy atom. The largest absolute Gasteiger partial charge is 0.497 e. The molecule has 3 aromatic carbocycles. The molecule has 0 aliphatic carbocycles. The SMILES string of the molecule is COc1ccc(C2=N/C(=C/c3ccc(C)cc3)C(=O)N2c2ccc(C)cc2)cc1. The van der Waals surface area contributed by atoms with Crippen molar-refractivity contribution in [1.29, 1.82) is 0 Å². The zero-order valence-electron chi connectivity index (χ0n) is 16.7. The minimum Gasteiger partial charge on any atom is -0.497 e. The Hall–Kier alpha value is -3.66. The minimum atomic E-state index is -0.139. The van der Waals surface area contributed by atoms with Crippen LogP contribution in [-0.4, -0.2) is 18.9 Å². The second-order valence-electron chi connectivity index (χ2n) is 7.08. The van der Waals surface area contributed by atoms with E-state index in [4.69, 9.17) is 9.73 Å². The van der Waals surface area contributed by atoms with E-state index in [1.54, 1.807) is 12.0 Å². The van der Waals surface area contributed by atoms with Gasteiger partial charge in [0.2, 0.25) is 0 Å². The minimum absolute atomic E-state index is 0.139. The van der Waals surface area contributed by atoms with Gasteiger partial charge in [0, 0.05) is 5.56 Å². The predicted molar refractivity (Wildman–Crippen MR) is 117 cm³/mol. The second kappa shape index (κ2) is 7.76. The Morgan fingerprint density at radius 3 is 2.00 bits per heavy atom. The van der Waals surface area contributed by atoms with Crippen molar-refractivity contribution < 1.29 is 9.53 Å². The third-order valence-corrected chi connectivity index (χ3v) is 4.88. The summed E-state index contributed by atoms with van der Waals surface area (Å²) in [6.45, 7) is 4.06. The lowest BCUT2D eigenvalue weighted by atomic mass is 10.1. The van der Waals surface area contributed by atoms with Gasteiger partial charge >= 0.3 is 0 Å². The van der Waals surface area contributed by atoms with Crippen molar-refractivity contribution in [3.05, 3.63) is 101 Å². The molecule has 0 aromatic heterocycles. The monoisotopic (exact) mass is 382 g/mol. The van der Waals surface area contributed by atoms with E-state index >= 15 is 0 Å². The van der Waals surface area contributed by atoms with Crippen LogP contribution in [0, 0.1) is 13.8 Å². The highest BCUT2D eigenvalue weighted by Crippen LogP contribution is 2.28. The number of amidine groups is 1. The maximum atomic E-state index is 13.3. The van der Waals surface area contributed by atoms with Gasteiger partial charge in [-0.2, -0.15) is 0 Å². The maximum Gasteiger partial charge on any atom is 0.282 e. The van der Waals surface area contributed by atoms with Crippen molar-refractivity contribution in [2.75, 3.05) is 12.0 Å². The summed E-state index contributed by atoms with van der Waals surface area (Å²) < 4.78 is 5.26. The normalized spacial score (nSPS) is 15.0. The van der Waals surface area contributed by atoms with Gasteiger partial charge in [-0.1, -0.05) is 47.5 Å². The van der Waals surface area contributed by atoms with Crippen molar-refractivity contribution >= 4 is 23.5 Å². The molecule has 1 amide bonds. The van der Waals surface area contributed by atoms with Crippen LogP contribution in [0.5, 0.6) is 5.75 Å². The first-order valence-electron chi connectivity index (χ1n) is 9.48. The van der Waals surface area contributed by atoms with Gasteiger partial charge in [0.25, 0.3) is 5.91 Å².